The molecular formula is C17H20FNO2. The van der Waals surface area contributed by atoms with Crippen LogP contribution in [-0.4, -0.2) is 19.8 Å². The molecule has 0 aliphatic heterocycles. The third kappa shape index (κ3) is 4.76. The second kappa shape index (κ2) is 7.64. The summed E-state index contributed by atoms with van der Waals surface area (Å²) in [6.07, 6.45) is 1.18. The smallest absolute Gasteiger partial charge is 0.126 e. The average molecular weight is 289 g/mol. The van der Waals surface area contributed by atoms with Gasteiger partial charge in [0.2, 0.25) is 0 Å². The van der Waals surface area contributed by atoms with Crippen molar-refractivity contribution in [2.24, 2.45) is 5.73 Å². The molecule has 2 aromatic rings. The maximum absolute atomic E-state index is 13.5. The highest BCUT2D eigenvalue weighted by Gasteiger charge is 2.08. The first-order valence-corrected chi connectivity index (χ1v) is 6.95. The molecular weight excluding hydrogens is 269 g/mol. The summed E-state index contributed by atoms with van der Waals surface area (Å²) in [6, 6.07) is 14.0. The number of rotatable bonds is 7. The van der Waals surface area contributed by atoms with Gasteiger partial charge in [-0.05, 0) is 48.7 Å². The van der Waals surface area contributed by atoms with Crippen molar-refractivity contribution in [2.75, 3.05) is 13.7 Å². The van der Waals surface area contributed by atoms with E-state index < -0.39 is 0 Å². The number of hydrogen-bond donors (Lipinski definition) is 1. The molecule has 3 nitrogen and oxygen atoms in total. The van der Waals surface area contributed by atoms with Crippen LogP contribution in [0.2, 0.25) is 0 Å². The first kappa shape index (κ1) is 15.3. The molecule has 0 aliphatic rings. The van der Waals surface area contributed by atoms with Gasteiger partial charge in [-0.2, -0.15) is 0 Å². The minimum Gasteiger partial charge on any atom is -0.497 e. The monoisotopic (exact) mass is 289 g/mol. The van der Waals surface area contributed by atoms with Gasteiger partial charge < -0.3 is 15.2 Å². The molecule has 0 fully saturated rings. The minimum absolute atomic E-state index is 0.125. The molecule has 0 spiro atoms. The van der Waals surface area contributed by atoms with Crippen LogP contribution in [0.1, 0.15) is 12.0 Å². The lowest BCUT2D eigenvalue weighted by molar-refractivity contribution is 0.296. The van der Waals surface area contributed by atoms with E-state index in [4.69, 9.17) is 15.2 Å². The van der Waals surface area contributed by atoms with E-state index in [1.165, 1.54) is 6.07 Å². The fourth-order valence-electron chi connectivity index (χ4n) is 2.05. The molecule has 1 unspecified atom stereocenters. The molecule has 0 heterocycles. The second-order valence-corrected chi connectivity index (χ2v) is 4.87. The van der Waals surface area contributed by atoms with E-state index in [1.54, 1.807) is 19.2 Å². The maximum Gasteiger partial charge on any atom is 0.126 e. The van der Waals surface area contributed by atoms with E-state index in [0.717, 1.165) is 11.5 Å². The molecule has 2 rings (SSSR count). The summed E-state index contributed by atoms with van der Waals surface area (Å²) in [7, 11) is 1.62. The van der Waals surface area contributed by atoms with Crippen molar-refractivity contribution in [3.8, 4) is 11.5 Å². The highest BCUT2D eigenvalue weighted by molar-refractivity contribution is 5.31. The molecule has 0 saturated carbocycles. The quantitative estimate of drug-likeness (QED) is 0.851. The van der Waals surface area contributed by atoms with Crippen molar-refractivity contribution >= 4 is 0 Å². The Bertz CT molecular complexity index is 557. The van der Waals surface area contributed by atoms with Crippen LogP contribution in [0.5, 0.6) is 11.5 Å². The van der Waals surface area contributed by atoms with Gasteiger partial charge in [-0.15, -0.1) is 0 Å². The molecule has 2 aromatic carbocycles. The summed E-state index contributed by atoms with van der Waals surface area (Å²) in [5.74, 6) is 1.36. The zero-order valence-corrected chi connectivity index (χ0v) is 12.1. The zero-order chi connectivity index (χ0) is 15.1. The Kier molecular flexibility index (Phi) is 5.58. The normalized spacial score (nSPS) is 12.0. The largest absolute Gasteiger partial charge is 0.497 e. The number of nitrogens with two attached hydrogens (primary N) is 1. The first-order chi connectivity index (χ1) is 10.2. The summed E-state index contributed by atoms with van der Waals surface area (Å²) in [4.78, 5) is 0. The number of benzene rings is 2. The zero-order valence-electron chi connectivity index (χ0n) is 12.1. The summed E-state index contributed by atoms with van der Waals surface area (Å²) in [5.41, 5.74) is 6.67. The van der Waals surface area contributed by atoms with Crippen LogP contribution >= 0.6 is 0 Å². The predicted octanol–water partition coefficient (Wildman–Crippen LogP) is 3.17. The van der Waals surface area contributed by atoms with E-state index >= 15 is 0 Å². The van der Waals surface area contributed by atoms with Gasteiger partial charge in [0.1, 0.15) is 17.3 Å². The fourth-order valence-corrected chi connectivity index (χ4v) is 2.05. The van der Waals surface area contributed by atoms with Crippen molar-refractivity contribution in [2.45, 2.75) is 18.9 Å². The van der Waals surface area contributed by atoms with Gasteiger partial charge in [0.15, 0.2) is 0 Å². The van der Waals surface area contributed by atoms with Crippen molar-refractivity contribution in [3.63, 3.8) is 0 Å². The van der Waals surface area contributed by atoms with Crippen LogP contribution < -0.4 is 15.2 Å². The standard InChI is InChI=1S/C17H20FNO2/c1-20-15-6-8-16(9-7-15)21-11-10-14(19)12-13-4-2-3-5-17(13)18/h2-9,14H,10-12,19H2,1H3. The van der Waals surface area contributed by atoms with Gasteiger partial charge in [-0.1, -0.05) is 18.2 Å². The van der Waals surface area contributed by atoms with E-state index in [1.807, 2.05) is 30.3 Å². The third-order valence-electron chi connectivity index (χ3n) is 3.26. The van der Waals surface area contributed by atoms with Crippen molar-refractivity contribution < 1.29 is 13.9 Å². The highest BCUT2D eigenvalue weighted by atomic mass is 19.1. The van der Waals surface area contributed by atoms with Gasteiger partial charge >= 0.3 is 0 Å². The average Bonchev–Trinajstić information content (AvgIpc) is 2.50. The van der Waals surface area contributed by atoms with Gasteiger partial charge in [0.05, 0.1) is 13.7 Å². The Hall–Kier alpha value is -2.07. The van der Waals surface area contributed by atoms with Crippen LogP contribution in [0.15, 0.2) is 48.5 Å². The lowest BCUT2D eigenvalue weighted by Gasteiger charge is -2.13. The Labute approximate surface area is 124 Å². The van der Waals surface area contributed by atoms with Crippen LogP contribution in [0.3, 0.4) is 0 Å². The van der Waals surface area contributed by atoms with Crippen LogP contribution in [0.25, 0.3) is 0 Å². The SMILES string of the molecule is COc1ccc(OCCC(N)Cc2ccccc2F)cc1. The van der Waals surface area contributed by atoms with E-state index in [0.29, 0.717) is 25.0 Å². The number of ether oxygens (including phenoxy) is 2. The minimum atomic E-state index is -0.205. The van der Waals surface area contributed by atoms with Crippen molar-refractivity contribution in [1.29, 1.82) is 0 Å². The molecule has 112 valence electrons. The lowest BCUT2D eigenvalue weighted by Crippen LogP contribution is -2.25. The molecule has 0 radical (unpaired) electrons. The maximum atomic E-state index is 13.5. The molecule has 21 heavy (non-hydrogen) atoms. The molecule has 0 saturated heterocycles. The number of halogens is 1. The van der Waals surface area contributed by atoms with Crippen molar-refractivity contribution in [1.82, 2.24) is 0 Å². The Balaban J connectivity index is 1.76. The summed E-state index contributed by atoms with van der Waals surface area (Å²) in [5, 5.41) is 0. The van der Waals surface area contributed by atoms with E-state index in [9.17, 15) is 4.39 Å². The molecule has 0 bridgehead atoms. The third-order valence-corrected chi connectivity index (χ3v) is 3.26. The highest BCUT2D eigenvalue weighted by Crippen LogP contribution is 2.17. The topological polar surface area (TPSA) is 44.5 Å². The van der Waals surface area contributed by atoms with E-state index in [-0.39, 0.29) is 11.9 Å². The molecule has 0 aliphatic carbocycles. The summed E-state index contributed by atoms with van der Waals surface area (Å²) in [6.45, 7) is 0.502. The van der Waals surface area contributed by atoms with Gasteiger partial charge in [-0.3, -0.25) is 0 Å². The predicted molar refractivity (Wildman–Crippen MR) is 81.2 cm³/mol. The fraction of sp³-hybridized carbons (Fsp3) is 0.294. The van der Waals surface area contributed by atoms with Crippen molar-refractivity contribution in [3.05, 3.63) is 59.9 Å². The van der Waals surface area contributed by atoms with Gasteiger partial charge in [0, 0.05) is 6.04 Å². The molecule has 1 atom stereocenters. The molecule has 0 aromatic heterocycles. The Morgan fingerprint density at radius 2 is 1.71 bits per heavy atom. The Morgan fingerprint density at radius 3 is 2.38 bits per heavy atom. The van der Waals surface area contributed by atoms with Crippen LogP contribution in [-0.2, 0) is 6.42 Å². The van der Waals surface area contributed by atoms with Gasteiger partial charge in [0.25, 0.3) is 0 Å². The first-order valence-electron chi connectivity index (χ1n) is 6.95. The van der Waals surface area contributed by atoms with Gasteiger partial charge in [-0.25, -0.2) is 4.39 Å². The van der Waals surface area contributed by atoms with Crippen LogP contribution in [0, 0.1) is 5.82 Å². The molecule has 0 amide bonds. The molecule has 2 N–H and O–H groups in total. The molecule has 4 heteroatoms. The second-order valence-electron chi connectivity index (χ2n) is 4.87. The van der Waals surface area contributed by atoms with Crippen LogP contribution in [0.4, 0.5) is 4.39 Å². The number of hydrogen-bond acceptors (Lipinski definition) is 3. The summed E-state index contributed by atoms with van der Waals surface area (Å²) < 4.78 is 24.2. The van der Waals surface area contributed by atoms with E-state index in [2.05, 4.69) is 0 Å². The lowest BCUT2D eigenvalue weighted by atomic mass is 10.0. The number of methoxy groups -OCH3 is 1. The summed E-state index contributed by atoms with van der Waals surface area (Å²) >= 11 is 0. The Morgan fingerprint density at radius 1 is 1.05 bits per heavy atom.